The first-order valence-electron chi connectivity index (χ1n) is 4.01. The van der Waals surface area contributed by atoms with E-state index in [9.17, 15) is 9.59 Å². The number of carbonyl (C=O) groups excluding carboxylic acids is 2. The highest BCUT2D eigenvalue weighted by Gasteiger charge is 1.95. The van der Waals surface area contributed by atoms with Crippen molar-refractivity contribution < 1.29 is 9.59 Å². The summed E-state index contributed by atoms with van der Waals surface area (Å²) < 4.78 is 0. The third-order valence-electron chi connectivity index (χ3n) is 1.63. The molecule has 0 aliphatic carbocycles. The van der Waals surface area contributed by atoms with Crippen LogP contribution in [-0.2, 0) is 6.54 Å². The molecule has 0 radical (unpaired) electrons. The van der Waals surface area contributed by atoms with E-state index in [2.05, 4.69) is 5.32 Å². The maximum Gasteiger partial charge on any atom is 0.215 e. The summed E-state index contributed by atoms with van der Waals surface area (Å²) >= 11 is 0. The Kier molecular flexibility index (Phi) is 3.26. The minimum Gasteiger partial charge on any atom is -0.361 e. The summed E-state index contributed by atoms with van der Waals surface area (Å²) in [4.78, 5) is 21.0. The largest absolute Gasteiger partial charge is 0.361 e. The number of aldehydes is 1. The van der Waals surface area contributed by atoms with Gasteiger partial charge in [-0.25, -0.2) is 0 Å². The molecular weight excluding hydrogens is 165 g/mol. The number of rotatable bonds is 3. The molecule has 66 valence electrons. The lowest BCUT2D eigenvalue weighted by molar-refractivity contribution is 0.112. The van der Waals surface area contributed by atoms with Gasteiger partial charge in [0.2, 0.25) is 7.85 Å². The van der Waals surface area contributed by atoms with Gasteiger partial charge < -0.3 is 5.32 Å². The van der Waals surface area contributed by atoms with E-state index >= 15 is 0 Å². The van der Waals surface area contributed by atoms with Crippen molar-refractivity contribution in [3.63, 3.8) is 0 Å². The van der Waals surface area contributed by atoms with Gasteiger partial charge in [0.25, 0.3) is 0 Å². The molecule has 0 saturated carbocycles. The molecule has 13 heavy (non-hydrogen) atoms. The van der Waals surface area contributed by atoms with Crippen molar-refractivity contribution in [2.45, 2.75) is 6.54 Å². The SMILES string of the molecule is BC(=O)NCc1cccc(C=O)c1. The molecule has 0 atom stereocenters. The van der Waals surface area contributed by atoms with Crippen LogP contribution in [0.25, 0.3) is 0 Å². The lowest BCUT2D eigenvalue weighted by Crippen LogP contribution is -2.20. The summed E-state index contributed by atoms with van der Waals surface area (Å²) in [7, 11) is 1.46. The van der Waals surface area contributed by atoms with Crippen molar-refractivity contribution in [2.24, 2.45) is 0 Å². The second-order valence-electron chi connectivity index (χ2n) is 2.77. The molecular formula is C9H10BNO2. The summed E-state index contributed by atoms with van der Waals surface area (Å²) in [5, 5.41) is 2.66. The van der Waals surface area contributed by atoms with Crippen molar-refractivity contribution in [1.29, 1.82) is 0 Å². The predicted molar refractivity (Wildman–Crippen MR) is 52.6 cm³/mol. The van der Waals surface area contributed by atoms with Crippen molar-refractivity contribution in [2.75, 3.05) is 0 Å². The van der Waals surface area contributed by atoms with E-state index in [1.807, 2.05) is 6.07 Å². The smallest absolute Gasteiger partial charge is 0.215 e. The molecule has 0 fully saturated rings. The van der Waals surface area contributed by atoms with Crippen molar-refractivity contribution in [1.82, 2.24) is 5.32 Å². The summed E-state index contributed by atoms with van der Waals surface area (Å²) in [6, 6.07) is 7.14. The molecule has 0 aliphatic rings. The van der Waals surface area contributed by atoms with Crippen LogP contribution in [0.3, 0.4) is 0 Å². The van der Waals surface area contributed by atoms with E-state index in [1.54, 1.807) is 18.2 Å². The van der Waals surface area contributed by atoms with Crippen molar-refractivity contribution in [3.8, 4) is 0 Å². The van der Waals surface area contributed by atoms with E-state index in [0.717, 1.165) is 11.8 Å². The van der Waals surface area contributed by atoms with Gasteiger partial charge in [-0.05, 0) is 11.6 Å². The molecule has 1 aromatic rings. The molecule has 0 bridgehead atoms. The normalized spacial score (nSPS) is 9.23. The van der Waals surface area contributed by atoms with Crippen molar-refractivity contribution >= 4 is 19.9 Å². The maximum absolute atomic E-state index is 10.6. The molecule has 1 aromatic carbocycles. The average molecular weight is 175 g/mol. The fourth-order valence-corrected chi connectivity index (χ4v) is 1.00. The molecule has 0 aromatic heterocycles. The first-order valence-corrected chi connectivity index (χ1v) is 4.01. The molecule has 0 aliphatic heterocycles. The lowest BCUT2D eigenvalue weighted by atomic mass is 10.1. The zero-order valence-corrected chi connectivity index (χ0v) is 7.41. The minimum atomic E-state index is -0.0727. The van der Waals surface area contributed by atoms with Crippen LogP contribution in [0.1, 0.15) is 15.9 Å². The van der Waals surface area contributed by atoms with Crippen molar-refractivity contribution in [3.05, 3.63) is 35.4 Å². The summed E-state index contributed by atoms with van der Waals surface area (Å²) in [5.74, 6) is -0.0727. The molecule has 0 heterocycles. The Bertz CT molecular complexity index is 325. The summed E-state index contributed by atoms with van der Waals surface area (Å²) in [6.45, 7) is 0.469. The molecule has 0 spiro atoms. The Labute approximate surface area is 77.6 Å². The zero-order valence-electron chi connectivity index (χ0n) is 7.41. The van der Waals surface area contributed by atoms with Crippen LogP contribution in [0.5, 0.6) is 0 Å². The van der Waals surface area contributed by atoms with E-state index in [-0.39, 0.29) is 5.81 Å². The molecule has 0 saturated heterocycles. The molecule has 1 amide bonds. The van der Waals surface area contributed by atoms with Gasteiger partial charge in [-0.2, -0.15) is 0 Å². The molecule has 0 unspecified atom stereocenters. The van der Waals surface area contributed by atoms with Gasteiger partial charge in [0.1, 0.15) is 6.29 Å². The number of carbonyl (C=O) groups is 2. The summed E-state index contributed by atoms with van der Waals surface area (Å²) in [5.41, 5.74) is 1.56. The number of hydrogen-bond donors (Lipinski definition) is 1. The fraction of sp³-hybridized carbons (Fsp3) is 0.111. The van der Waals surface area contributed by atoms with Crippen LogP contribution in [0.2, 0.25) is 0 Å². The zero-order chi connectivity index (χ0) is 9.68. The summed E-state index contributed by atoms with van der Waals surface area (Å²) in [6.07, 6.45) is 0.789. The van der Waals surface area contributed by atoms with Gasteiger partial charge in [0.15, 0.2) is 5.81 Å². The Morgan fingerprint density at radius 2 is 2.31 bits per heavy atom. The lowest BCUT2D eigenvalue weighted by Gasteiger charge is -2.02. The molecule has 1 rings (SSSR count). The maximum atomic E-state index is 10.6. The van der Waals surface area contributed by atoms with Crippen LogP contribution >= 0.6 is 0 Å². The number of amides is 1. The van der Waals surface area contributed by atoms with E-state index in [4.69, 9.17) is 0 Å². The van der Waals surface area contributed by atoms with Gasteiger partial charge in [-0.15, -0.1) is 0 Å². The second kappa shape index (κ2) is 4.45. The Balaban J connectivity index is 2.66. The fourth-order valence-electron chi connectivity index (χ4n) is 1.00. The monoisotopic (exact) mass is 175 g/mol. The average Bonchev–Trinajstić information content (AvgIpc) is 2.15. The van der Waals surface area contributed by atoms with E-state index in [1.165, 1.54) is 7.85 Å². The minimum absolute atomic E-state index is 0.0727. The third kappa shape index (κ3) is 3.11. The van der Waals surface area contributed by atoms with Gasteiger partial charge in [-0.3, -0.25) is 9.59 Å². The predicted octanol–water partition coefficient (Wildman–Crippen LogP) is 0.342. The van der Waals surface area contributed by atoms with Gasteiger partial charge in [0.05, 0.1) is 0 Å². The first kappa shape index (κ1) is 9.51. The molecule has 3 nitrogen and oxygen atoms in total. The van der Waals surface area contributed by atoms with Gasteiger partial charge in [0, 0.05) is 12.1 Å². The highest BCUT2D eigenvalue weighted by Crippen LogP contribution is 2.02. The first-order chi connectivity index (χ1) is 6.22. The molecule has 1 N–H and O–H groups in total. The van der Waals surface area contributed by atoms with Crippen LogP contribution < -0.4 is 5.32 Å². The highest BCUT2D eigenvalue weighted by molar-refractivity contribution is 6.57. The van der Waals surface area contributed by atoms with Gasteiger partial charge >= 0.3 is 0 Å². The number of benzene rings is 1. The van der Waals surface area contributed by atoms with Crippen LogP contribution in [-0.4, -0.2) is 19.9 Å². The highest BCUT2D eigenvalue weighted by atomic mass is 16.1. The number of nitrogens with one attached hydrogen (secondary N) is 1. The second-order valence-corrected chi connectivity index (χ2v) is 2.77. The Morgan fingerprint density at radius 3 is 2.92 bits per heavy atom. The Morgan fingerprint density at radius 1 is 1.54 bits per heavy atom. The standard InChI is InChI=1S/C9H10BNO2/c10-9(13)11-5-7-2-1-3-8(4-7)6-12/h1-4,6H,5,10H2,(H,11,13). The topological polar surface area (TPSA) is 46.2 Å². The van der Waals surface area contributed by atoms with E-state index in [0.29, 0.717) is 12.1 Å². The van der Waals surface area contributed by atoms with Crippen LogP contribution in [0.4, 0.5) is 4.79 Å². The third-order valence-corrected chi connectivity index (χ3v) is 1.63. The van der Waals surface area contributed by atoms with Crippen LogP contribution in [0.15, 0.2) is 24.3 Å². The van der Waals surface area contributed by atoms with Crippen LogP contribution in [0, 0.1) is 0 Å². The number of hydrogen-bond acceptors (Lipinski definition) is 2. The van der Waals surface area contributed by atoms with E-state index < -0.39 is 0 Å². The Hall–Kier alpha value is -1.58. The quantitative estimate of drug-likeness (QED) is 0.531. The molecule has 4 heteroatoms. The van der Waals surface area contributed by atoms with Gasteiger partial charge in [-0.1, -0.05) is 18.2 Å².